The summed E-state index contributed by atoms with van der Waals surface area (Å²) in [5.74, 6) is 1.09. The van der Waals surface area contributed by atoms with Crippen LogP contribution in [0.4, 0.5) is 5.69 Å². The molecular weight excluding hydrogens is 412 g/mol. The zero-order valence-electron chi connectivity index (χ0n) is 17.2. The summed E-state index contributed by atoms with van der Waals surface area (Å²) < 4.78 is 7.13. The van der Waals surface area contributed by atoms with Gasteiger partial charge in [-0.25, -0.2) is 0 Å². The monoisotopic (exact) mass is 432 g/mol. The average molecular weight is 433 g/mol. The minimum atomic E-state index is -0.318. The minimum absolute atomic E-state index is 0.142. The molecule has 0 saturated heterocycles. The number of hydrogen-bond donors (Lipinski definition) is 0. The van der Waals surface area contributed by atoms with Gasteiger partial charge < -0.3 is 9.64 Å². The number of carbonyl (C=O) groups excluding carboxylic acids is 1. The smallest absolute Gasteiger partial charge is 0.291 e. The van der Waals surface area contributed by atoms with Crippen molar-refractivity contribution in [2.24, 2.45) is 0 Å². The Labute approximate surface area is 182 Å². The highest BCUT2D eigenvalue weighted by Gasteiger charge is 2.33. The summed E-state index contributed by atoms with van der Waals surface area (Å²) in [5.41, 5.74) is 2.55. The number of benzene rings is 2. The second kappa shape index (κ2) is 7.63. The summed E-state index contributed by atoms with van der Waals surface area (Å²) >= 11 is 1.20. The van der Waals surface area contributed by atoms with Crippen LogP contribution in [0.2, 0.25) is 0 Å². The molecule has 0 saturated carbocycles. The molecular formula is C23H20N4O3S. The maximum atomic E-state index is 13.2. The molecule has 1 aliphatic rings. The van der Waals surface area contributed by atoms with E-state index in [1.807, 2.05) is 62.4 Å². The van der Waals surface area contributed by atoms with Crippen molar-refractivity contribution in [3.05, 3.63) is 69.0 Å². The van der Waals surface area contributed by atoms with E-state index in [-0.39, 0.29) is 11.5 Å². The van der Waals surface area contributed by atoms with Crippen molar-refractivity contribution in [3.8, 4) is 17.1 Å². The number of fused-ring (bicyclic) bond motifs is 2. The van der Waals surface area contributed by atoms with Gasteiger partial charge >= 0.3 is 0 Å². The number of carbonyl (C=O) groups is 1. The normalized spacial score (nSPS) is 15.0. The Balaban J connectivity index is 1.63. The van der Waals surface area contributed by atoms with E-state index in [0.29, 0.717) is 34.0 Å². The van der Waals surface area contributed by atoms with Gasteiger partial charge in [-0.3, -0.25) is 9.59 Å². The molecule has 0 fully saturated rings. The molecule has 4 aromatic rings. The largest absolute Gasteiger partial charge is 0.494 e. The lowest BCUT2D eigenvalue weighted by atomic mass is 10.1. The van der Waals surface area contributed by atoms with E-state index < -0.39 is 0 Å². The molecule has 0 aliphatic carbocycles. The highest BCUT2D eigenvalue weighted by atomic mass is 32.1. The summed E-state index contributed by atoms with van der Waals surface area (Å²) in [6.07, 6.45) is 0.832. The third-order valence-electron chi connectivity index (χ3n) is 5.18. The van der Waals surface area contributed by atoms with E-state index in [1.54, 1.807) is 4.90 Å². The summed E-state index contributed by atoms with van der Waals surface area (Å²) in [6, 6.07) is 15.0. The number of aromatic nitrogens is 3. The number of rotatable bonds is 5. The second-order valence-corrected chi connectivity index (χ2v) is 8.15. The van der Waals surface area contributed by atoms with Crippen molar-refractivity contribution < 1.29 is 9.53 Å². The lowest BCUT2D eigenvalue weighted by molar-refractivity contribution is -0.113. The van der Waals surface area contributed by atoms with Gasteiger partial charge in [-0.2, -0.15) is 9.50 Å². The Morgan fingerprint density at radius 3 is 2.52 bits per heavy atom. The van der Waals surface area contributed by atoms with Gasteiger partial charge in [0.1, 0.15) is 10.3 Å². The predicted molar refractivity (Wildman–Crippen MR) is 121 cm³/mol. The number of para-hydroxylation sites is 1. The molecule has 31 heavy (non-hydrogen) atoms. The first-order chi connectivity index (χ1) is 15.1. The van der Waals surface area contributed by atoms with Crippen molar-refractivity contribution in [2.45, 2.75) is 20.3 Å². The second-order valence-electron chi connectivity index (χ2n) is 7.17. The lowest BCUT2D eigenvalue weighted by Crippen LogP contribution is -2.32. The zero-order chi connectivity index (χ0) is 21.5. The van der Waals surface area contributed by atoms with E-state index in [9.17, 15) is 9.59 Å². The molecule has 2 aromatic heterocycles. The first-order valence-corrected chi connectivity index (χ1v) is 11.0. The Kier molecular flexibility index (Phi) is 4.78. The van der Waals surface area contributed by atoms with Gasteiger partial charge in [-0.15, -0.1) is 5.10 Å². The molecule has 2 aromatic carbocycles. The summed E-state index contributed by atoms with van der Waals surface area (Å²) in [5, 5.41) is 4.41. The van der Waals surface area contributed by atoms with Crippen LogP contribution in [0.5, 0.6) is 5.75 Å². The highest BCUT2D eigenvalue weighted by Crippen LogP contribution is 2.35. The van der Waals surface area contributed by atoms with Crippen molar-refractivity contribution in [2.75, 3.05) is 18.1 Å². The van der Waals surface area contributed by atoms with E-state index in [4.69, 9.17) is 4.74 Å². The summed E-state index contributed by atoms with van der Waals surface area (Å²) in [4.78, 5) is 33.1. The van der Waals surface area contributed by atoms with Gasteiger partial charge in [0, 0.05) is 17.7 Å². The van der Waals surface area contributed by atoms with Crippen LogP contribution in [0.3, 0.4) is 0 Å². The maximum Gasteiger partial charge on any atom is 0.291 e. The number of anilines is 1. The van der Waals surface area contributed by atoms with Crippen molar-refractivity contribution in [1.82, 2.24) is 14.6 Å². The van der Waals surface area contributed by atoms with Crippen molar-refractivity contribution in [3.63, 3.8) is 0 Å². The highest BCUT2D eigenvalue weighted by molar-refractivity contribution is 7.15. The topological polar surface area (TPSA) is 76.8 Å². The third kappa shape index (κ3) is 3.11. The predicted octanol–water partition coefficient (Wildman–Crippen LogP) is 2.89. The molecule has 0 unspecified atom stereocenters. The third-order valence-corrected chi connectivity index (χ3v) is 6.21. The van der Waals surface area contributed by atoms with Crippen LogP contribution >= 0.6 is 11.3 Å². The minimum Gasteiger partial charge on any atom is -0.494 e. The Morgan fingerprint density at radius 1 is 1.03 bits per heavy atom. The molecule has 156 valence electrons. The zero-order valence-corrected chi connectivity index (χ0v) is 18.0. The molecule has 8 heteroatoms. The van der Waals surface area contributed by atoms with Gasteiger partial charge in [0.25, 0.3) is 11.5 Å². The average Bonchev–Trinajstić information content (AvgIpc) is 3.41. The van der Waals surface area contributed by atoms with Crippen LogP contribution in [-0.4, -0.2) is 33.7 Å². The van der Waals surface area contributed by atoms with Crippen LogP contribution in [0.25, 0.3) is 21.9 Å². The van der Waals surface area contributed by atoms with Gasteiger partial charge in [0.05, 0.1) is 17.9 Å². The maximum absolute atomic E-state index is 13.2. The van der Waals surface area contributed by atoms with E-state index in [0.717, 1.165) is 29.0 Å². The van der Waals surface area contributed by atoms with E-state index >= 15 is 0 Å². The van der Waals surface area contributed by atoms with Crippen LogP contribution in [-0.2, 0) is 4.79 Å². The van der Waals surface area contributed by atoms with Crippen LogP contribution in [0.1, 0.15) is 25.8 Å². The molecule has 1 amide bonds. The summed E-state index contributed by atoms with van der Waals surface area (Å²) in [6.45, 7) is 5.16. The van der Waals surface area contributed by atoms with Gasteiger partial charge in [0.15, 0.2) is 5.82 Å². The van der Waals surface area contributed by atoms with E-state index in [2.05, 4.69) is 10.1 Å². The number of hydrogen-bond acceptors (Lipinski definition) is 6. The number of ether oxygens (including phenoxy) is 1. The Morgan fingerprint density at radius 2 is 1.81 bits per heavy atom. The number of thiazole rings is 1. The molecule has 3 heterocycles. The molecule has 5 rings (SSSR count). The van der Waals surface area contributed by atoms with Crippen molar-refractivity contribution >= 4 is 33.5 Å². The standard InChI is InChI=1S/C23H20N4O3S/c1-3-13-26-17-8-6-5-7-16(17)18(21(26)28)19-22(29)27-23(31-19)24-20(25-27)14-9-11-15(12-10-14)30-4-2/h5-12H,3-4,13H2,1-2H3. The number of nitrogens with zero attached hydrogens (tertiary/aromatic N) is 4. The first kappa shape index (κ1) is 19.4. The number of amides is 1. The van der Waals surface area contributed by atoms with Gasteiger partial charge in [-0.05, 0) is 43.7 Å². The molecule has 7 nitrogen and oxygen atoms in total. The molecule has 0 N–H and O–H groups in total. The SMILES string of the molecule is CCCN1C(=O)C(=c2sc3nc(-c4ccc(OCC)cc4)nn3c2=O)c2ccccc21. The van der Waals surface area contributed by atoms with Gasteiger partial charge in [0.2, 0.25) is 4.96 Å². The van der Waals surface area contributed by atoms with Crippen molar-refractivity contribution in [1.29, 1.82) is 0 Å². The first-order valence-electron chi connectivity index (χ1n) is 10.2. The molecule has 0 radical (unpaired) electrons. The van der Waals surface area contributed by atoms with Gasteiger partial charge in [-0.1, -0.05) is 36.5 Å². The fraction of sp³-hybridized carbons (Fsp3) is 0.217. The molecule has 0 atom stereocenters. The fourth-order valence-electron chi connectivity index (χ4n) is 3.82. The van der Waals surface area contributed by atoms with E-state index in [1.165, 1.54) is 15.9 Å². The quantitative estimate of drug-likeness (QED) is 0.485. The Hall–Kier alpha value is -3.52. The molecule has 0 spiro atoms. The molecule has 1 aliphatic heterocycles. The van der Waals surface area contributed by atoms with Crippen LogP contribution < -0.4 is 19.7 Å². The Bertz CT molecular complexity index is 1410. The van der Waals surface area contributed by atoms with Crippen LogP contribution in [0.15, 0.2) is 53.3 Å². The lowest BCUT2D eigenvalue weighted by Gasteiger charge is -2.15. The fourth-order valence-corrected chi connectivity index (χ4v) is 4.82. The summed E-state index contributed by atoms with van der Waals surface area (Å²) in [7, 11) is 0. The van der Waals surface area contributed by atoms with Crippen LogP contribution in [0, 0.1) is 0 Å². The molecule has 0 bridgehead atoms.